The highest BCUT2D eigenvalue weighted by Crippen LogP contribution is 2.22. The molecule has 0 aliphatic carbocycles. The zero-order valence-corrected chi connectivity index (χ0v) is 14.6. The molecule has 134 valence electrons. The van der Waals surface area contributed by atoms with E-state index in [0.29, 0.717) is 44.9 Å². The van der Waals surface area contributed by atoms with Gasteiger partial charge in [0.25, 0.3) is 0 Å². The molecule has 0 radical (unpaired) electrons. The topological polar surface area (TPSA) is 70.7 Å². The van der Waals surface area contributed by atoms with Gasteiger partial charge in [-0.2, -0.15) is 0 Å². The summed E-state index contributed by atoms with van der Waals surface area (Å²) < 4.78 is 45.8. The lowest BCUT2D eigenvalue weighted by atomic mass is 10.1. The van der Waals surface area contributed by atoms with Gasteiger partial charge in [-0.15, -0.1) is 0 Å². The summed E-state index contributed by atoms with van der Waals surface area (Å²) >= 11 is 0. The molecular weight excluding hydrogens is 333 g/mol. The maximum absolute atomic E-state index is 13.2. The van der Waals surface area contributed by atoms with Crippen molar-refractivity contribution in [3.63, 3.8) is 0 Å². The lowest BCUT2D eigenvalue weighted by Crippen LogP contribution is -2.51. The summed E-state index contributed by atoms with van der Waals surface area (Å²) in [5.41, 5.74) is -0.423. The van der Waals surface area contributed by atoms with Crippen molar-refractivity contribution in [3.05, 3.63) is 30.1 Å². The molecule has 2 saturated heterocycles. The number of hydrogen-bond acceptors (Lipinski definition) is 5. The van der Waals surface area contributed by atoms with Gasteiger partial charge in [0.15, 0.2) is 0 Å². The van der Waals surface area contributed by atoms with E-state index in [-0.39, 0.29) is 17.7 Å². The average molecular weight is 357 g/mol. The van der Waals surface area contributed by atoms with Gasteiger partial charge in [-0.25, -0.2) is 17.1 Å². The normalized spacial score (nSPS) is 26.6. The molecule has 0 aromatic heterocycles. The summed E-state index contributed by atoms with van der Waals surface area (Å²) in [5, 5.41) is 6.33. The van der Waals surface area contributed by atoms with E-state index in [0.717, 1.165) is 0 Å². The molecule has 0 spiro atoms. The third-order valence-electron chi connectivity index (χ3n) is 4.55. The molecule has 2 N–H and O–H groups in total. The zero-order chi connectivity index (χ0) is 17.2. The SMILES string of the molecule is C[C@@]1(CS(=O)(=O)N2CCC(Oc3cccc(F)c3)CC2)CNCN1. The van der Waals surface area contributed by atoms with Gasteiger partial charge in [0.05, 0.1) is 5.75 Å². The second kappa shape index (κ2) is 6.95. The van der Waals surface area contributed by atoms with Crippen LogP contribution in [0.15, 0.2) is 24.3 Å². The van der Waals surface area contributed by atoms with Gasteiger partial charge in [0.2, 0.25) is 10.0 Å². The van der Waals surface area contributed by atoms with Crippen LogP contribution in [0, 0.1) is 5.82 Å². The largest absolute Gasteiger partial charge is 0.490 e. The van der Waals surface area contributed by atoms with Crippen LogP contribution in [0.4, 0.5) is 4.39 Å². The lowest BCUT2D eigenvalue weighted by molar-refractivity contribution is 0.134. The van der Waals surface area contributed by atoms with E-state index >= 15 is 0 Å². The number of nitrogens with one attached hydrogen (secondary N) is 2. The number of rotatable bonds is 5. The molecule has 0 unspecified atom stereocenters. The van der Waals surface area contributed by atoms with Crippen LogP contribution in [0.3, 0.4) is 0 Å². The van der Waals surface area contributed by atoms with Crippen LogP contribution in [0.5, 0.6) is 5.75 Å². The van der Waals surface area contributed by atoms with Crippen LogP contribution in [0.2, 0.25) is 0 Å². The summed E-state index contributed by atoms with van der Waals surface area (Å²) in [6.07, 6.45) is 1.14. The molecule has 24 heavy (non-hydrogen) atoms. The summed E-state index contributed by atoms with van der Waals surface area (Å²) in [6, 6.07) is 6.04. The van der Waals surface area contributed by atoms with E-state index in [4.69, 9.17) is 4.74 Å². The maximum Gasteiger partial charge on any atom is 0.215 e. The smallest absolute Gasteiger partial charge is 0.215 e. The Morgan fingerprint density at radius 1 is 1.38 bits per heavy atom. The van der Waals surface area contributed by atoms with Gasteiger partial charge in [-0.1, -0.05) is 6.07 Å². The predicted molar refractivity (Wildman–Crippen MR) is 89.8 cm³/mol. The van der Waals surface area contributed by atoms with Crippen molar-refractivity contribution in [3.8, 4) is 5.75 Å². The Bertz CT molecular complexity index is 669. The van der Waals surface area contributed by atoms with Crippen LogP contribution in [-0.4, -0.2) is 56.4 Å². The van der Waals surface area contributed by atoms with E-state index in [9.17, 15) is 12.8 Å². The summed E-state index contributed by atoms with van der Waals surface area (Å²) in [7, 11) is -3.31. The van der Waals surface area contributed by atoms with Crippen LogP contribution in [0.25, 0.3) is 0 Å². The second-order valence-corrected chi connectivity index (χ2v) is 8.74. The number of nitrogens with zero attached hydrogens (tertiary/aromatic N) is 1. The first-order chi connectivity index (χ1) is 11.4. The fourth-order valence-electron chi connectivity index (χ4n) is 3.23. The molecule has 6 nitrogen and oxygen atoms in total. The third kappa shape index (κ3) is 4.24. The Morgan fingerprint density at radius 3 is 2.75 bits per heavy atom. The molecular formula is C16H24FN3O3S. The first kappa shape index (κ1) is 17.6. The van der Waals surface area contributed by atoms with E-state index in [1.54, 1.807) is 16.4 Å². The van der Waals surface area contributed by atoms with E-state index in [2.05, 4.69) is 10.6 Å². The second-order valence-electron chi connectivity index (χ2n) is 6.77. The van der Waals surface area contributed by atoms with Gasteiger partial charge in [-0.3, -0.25) is 5.32 Å². The van der Waals surface area contributed by atoms with Crippen LogP contribution < -0.4 is 15.4 Å². The average Bonchev–Trinajstić information content (AvgIpc) is 2.93. The number of ether oxygens (including phenoxy) is 1. The first-order valence-electron chi connectivity index (χ1n) is 8.22. The standard InChI is InChI=1S/C16H24FN3O3S/c1-16(10-18-12-19-16)11-24(21,22)20-7-5-14(6-8-20)23-15-4-2-3-13(17)9-15/h2-4,9,14,18-19H,5-8,10-12H2,1H3/t16-/m0/s1. The molecule has 2 fully saturated rings. The van der Waals surface area contributed by atoms with Crippen molar-refractivity contribution in [2.24, 2.45) is 0 Å². The number of hydrogen-bond donors (Lipinski definition) is 2. The van der Waals surface area contributed by atoms with E-state index in [1.165, 1.54) is 12.1 Å². The highest BCUT2D eigenvalue weighted by Gasteiger charge is 2.37. The van der Waals surface area contributed by atoms with Gasteiger partial charge in [-0.05, 0) is 31.9 Å². The van der Waals surface area contributed by atoms with Crippen LogP contribution in [-0.2, 0) is 10.0 Å². The Hall–Kier alpha value is -1.22. The van der Waals surface area contributed by atoms with E-state index < -0.39 is 15.6 Å². The fraction of sp³-hybridized carbons (Fsp3) is 0.625. The van der Waals surface area contributed by atoms with Crippen molar-refractivity contribution in [1.82, 2.24) is 14.9 Å². The van der Waals surface area contributed by atoms with Crippen LogP contribution in [0.1, 0.15) is 19.8 Å². The van der Waals surface area contributed by atoms with Crippen molar-refractivity contribution < 1.29 is 17.5 Å². The predicted octanol–water partition coefficient (Wildman–Crippen LogP) is 0.908. The monoisotopic (exact) mass is 357 g/mol. The first-order valence-corrected chi connectivity index (χ1v) is 9.83. The Kier molecular flexibility index (Phi) is 5.10. The quantitative estimate of drug-likeness (QED) is 0.820. The van der Waals surface area contributed by atoms with Gasteiger partial charge >= 0.3 is 0 Å². The van der Waals surface area contributed by atoms with Crippen molar-refractivity contribution in [2.75, 3.05) is 32.1 Å². The molecule has 0 bridgehead atoms. The van der Waals surface area contributed by atoms with Crippen molar-refractivity contribution >= 4 is 10.0 Å². The molecule has 8 heteroatoms. The van der Waals surface area contributed by atoms with Gasteiger partial charge < -0.3 is 10.1 Å². The van der Waals surface area contributed by atoms with E-state index in [1.807, 2.05) is 6.92 Å². The minimum absolute atomic E-state index is 0.0832. The summed E-state index contributed by atoms with van der Waals surface area (Å²) in [5.74, 6) is 0.242. The Balaban J connectivity index is 1.54. The molecule has 1 aromatic rings. The molecule has 1 aromatic carbocycles. The lowest BCUT2D eigenvalue weighted by Gasteiger charge is -2.33. The maximum atomic E-state index is 13.2. The minimum atomic E-state index is -3.31. The number of benzene rings is 1. The third-order valence-corrected chi connectivity index (χ3v) is 6.70. The summed E-state index contributed by atoms with van der Waals surface area (Å²) in [6.45, 7) is 4.07. The van der Waals surface area contributed by atoms with Crippen LogP contribution >= 0.6 is 0 Å². The number of sulfonamides is 1. The highest BCUT2D eigenvalue weighted by molar-refractivity contribution is 7.89. The number of halogens is 1. The van der Waals surface area contributed by atoms with Gasteiger partial charge in [0.1, 0.15) is 17.7 Å². The minimum Gasteiger partial charge on any atom is -0.490 e. The molecule has 1 atom stereocenters. The zero-order valence-electron chi connectivity index (χ0n) is 13.8. The molecule has 3 rings (SSSR count). The fourth-order valence-corrected chi connectivity index (χ4v) is 5.19. The highest BCUT2D eigenvalue weighted by atomic mass is 32.2. The Labute approximate surface area is 142 Å². The molecule has 2 heterocycles. The Morgan fingerprint density at radius 2 is 2.12 bits per heavy atom. The molecule has 2 aliphatic rings. The molecule has 0 amide bonds. The van der Waals surface area contributed by atoms with Gasteiger partial charge in [0, 0.05) is 37.9 Å². The molecule has 0 saturated carbocycles. The number of piperidine rings is 1. The van der Waals surface area contributed by atoms with Crippen molar-refractivity contribution in [1.29, 1.82) is 0 Å². The molecule has 2 aliphatic heterocycles. The summed E-state index contributed by atoms with van der Waals surface area (Å²) in [4.78, 5) is 0. The van der Waals surface area contributed by atoms with Crippen molar-refractivity contribution in [2.45, 2.75) is 31.4 Å².